The van der Waals surface area contributed by atoms with Crippen LogP contribution >= 0.6 is 0 Å². The summed E-state index contributed by atoms with van der Waals surface area (Å²) in [6.45, 7) is 3.00. The summed E-state index contributed by atoms with van der Waals surface area (Å²) in [5.74, 6) is 2.45. The van der Waals surface area contributed by atoms with Crippen molar-refractivity contribution in [3.63, 3.8) is 0 Å². The lowest BCUT2D eigenvalue weighted by molar-refractivity contribution is 0.190. The average Bonchev–Trinajstić information content (AvgIpc) is 2.73. The quantitative estimate of drug-likeness (QED) is 0.848. The third-order valence-electron chi connectivity index (χ3n) is 3.98. The Kier molecular flexibility index (Phi) is 3.11. The Morgan fingerprint density at radius 3 is 3.06 bits per heavy atom. The molecule has 1 aliphatic carbocycles. The van der Waals surface area contributed by atoms with Crippen LogP contribution in [-0.2, 0) is 6.42 Å². The molecular weight excluding hydrogens is 216 g/mol. The standard InChI is InChI=1S/C12H20N4O/c1-16-6-5-13-8-10(16)12-14-11(17-15-12)7-9-3-2-4-9/h9-10,13H,2-8H2,1H3. The van der Waals surface area contributed by atoms with Crippen molar-refractivity contribution in [2.75, 3.05) is 26.7 Å². The number of piperazine rings is 1. The molecule has 1 aliphatic heterocycles. The molecule has 3 rings (SSSR count). The molecule has 0 amide bonds. The molecular formula is C12H20N4O. The van der Waals surface area contributed by atoms with Crippen LogP contribution in [-0.4, -0.2) is 41.7 Å². The molecule has 1 atom stereocenters. The summed E-state index contributed by atoms with van der Waals surface area (Å²) < 4.78 is 5.36. The molecule has 5 heteroatoms. The van der Waals surface area contributed by atoms with E-state index >= 15 is 0 Å². The second-order valence-corrected chi connectivity index (χ2v) is 5.25. The predicted octanol–water partition coefficient (Wildman–Crippen LogP) is 0.988. The fraction of sp³-hybridized carbons (Fsp3) is 0.833. The van der Waals surface area contributed by atoms with Crippen LogP contribution < -0.4 is 5.32 Å². The molecule has 5 nitrogen and oxygen atoms in total. The van der Waals surface area contributed by atoms with Crippen LogP contribution in [0.4, 0.5) is 0 Å². The van der Waals surface area contributed by atoms with Gasteiger partial charge in [-0.1, -0.05) is 11.6 Å². The van der Waals surface area contributed by atoms with Gasteiger partial charge in [0.15, 0.2) is 5.82 Å². The van der Waals surface area contributed by atoms with Crippen molar-refractivity contribution in [3.05, 3.63) is 11.7 Å². The van der Waals surface area contributed by atoms with Gasteiger partial charge >= 0.3 is 0 Å². The van der Waals surface area contributed by atoms with Crippen molar-refractivity contribution < 1.29 is 4.52 Å². The maximum Gasteiger partial charge on any atom is 0.226 e. The van der Waals surface area contributed by atoms with Gasteiger partial charge < -0.3 is 9.84 Å². The van der Waals surface area contributed by atoms with Crippen LogP contribution in [0.1, 0.15) is 37.0 Å². The fourth-order valence-corrected chi connectivity index (χ4v) is 2.52. The molecule has 1 aromatic rings. The second kappa shape index (κ2) is 4.74. The van der Waals surface area contributed by atoms with E-state index in [2.05, 4.69) is 27.4 Å². The Balaban J connectivity index is 1.65. The molecule has 1 saturated carbocycles. The van der Waals surface area contributed by atoms with Crippen molar-refractivity contribution in [2.24, 2.45) is 5.92 Å². The Morgan fingerprint density at radius 2 is 2.35 bits per heavy atom. The number of hydrogen-bond acceptors (Lipinski definition) is 5. The van der Waals surface area contributed by atoms with Gasteiger partial charge in [-0.25, -0.2) is 0 Å². The molecule has 1 aromatic heterocycles. The number of aromatic nitrogens is 2. The molecule has 0 spiro atoms. The van der Waals surface area contributed by atoms with Gasteiger partial charge in [-0.15, -0.1) is 0 Å². The van der Waals surface area contributed by atoms with E-state index in [9.17, 15) is 0 Å². The van der Waals surface area contributed by atoms with E-state index in [4.69, 9.17) is 4.52 Å². The normalized spacial score (nSPS) is 27.0. The van der Waals surface area contributed by atoms with Gasteiger partial charge in [0.25, 0.3) is 0 Å². The summed E-state index contributed by atoms with van der Waals surface area (Å²) in [5, 5.41) is 7.51. The zero-order chi connectivity index (χ0) is 11.7. The zero-order valence-electron chi connectivity index (χ0n) is 10.4. The van der Waals surface area contributed by atoms with Gasteiger partial charge in [-0.05, 0) is 25.8 Å². The van der Waals surface area contributed by atoms with Crippen molar-refractivity contribution in [3.8, 4) is 0 Å². The molecule has 1 N–H and O–H groups in total. The SMILES string of the molecule is CN1CCNCC1c1noc(CC2CCC2)n1. The summed E-state index contributed by atoms with van der Waals surface area (Å²) in [5.41, 5.74) is 0. The maximum atomic E-state index is 5.36. The largest absolute Gasteiger partial charge is 0.339 e. The first-order chi connectivity index (χ1) is 8.33. The highest BCUT2D eigenvalue weighted by Gasteiger charge is 2.26. The monoisotopic (exact) mass is 236 g/mol. The molecule has 2 fully saturated rings. The Morgan fingerprint density at radius 1 is 1.47 bits per heavy atom. The van der Waals surface area contributed by atoms with E-state index in [1.54, 1.807) is 0 Å². The van der Waals surface area contributed by atoms with Gasteiger partial charge in [0.2, 0.25) is 5.89 Å². The lowest BCUT2D eigenvalue weighted by Crippen LogP contribution is -2.44. The lowest BCUT2D eigenvalue weighted by Gasteiger charge is -2.30. The topological polar surface area (TPSA) is 54.2 Å². The first kappa shape index (κ1) is 11.2. The highest BCUT2D eigenvalue weighted by molar-refractivity contribution is 4.98. The van der Waals surface area contributed by atoms with Crippen molar-refractivity contribution in [1.29, 1.82) is 0 Å². The summed E-state index contributed by atoms with van der Waals surface area (Å²) >= 11 is 0. The van der Waals surface area contributed by atoms with Crippen LogP contribution in [0, 0.1) is 5.92 Å². The van der Waals surface area contributed by atoms with E-state index in [-0.39, 0.29) is 6.04 Å². The molecule has 0 radical (unpaired) electrons. The smallest absolute Gasteiger partial charge is 0.226 e. The molecule has 2 heterocycles. The van der Waals surface area contributed by atoms with Gasteiger partial charge in [0.05, 0.1) is 6.04 Å². The maximum absolute atomic E-state index is 5.36. The minimum Gasteiger partial charge on any atom is -0.339 e. The van der Waals surface area contributed by atoms with E-state index in [1.807, 2.05) is 0 Å². The van der Waals surface area contributed by atoms with Crippen molar-refractivity contribution >= 4 is 0 Å². The van der Waals surface area contributed by atoms with Crippen molar-refractivity contribution in [2.45, 2.75) is 31.7 Å². The van der Waals surface area contributed by atoms with Crippen molar-refractivity contribution in [1.82, 2.24) is 20.4 Å². The predicted molar refractivity (Wildman–Crippen MR) is 63.6 cm³/mol. The minimum absolute atomic E-state index is 0.266. The third kappa shape index (κ3) is 2.35. The van der Waals surface area contributed by atoms with E-state index in [1.165, 1.54) is 19.3 Å². The Bertz CT molecular complexity index is 374. The Labute approximate surface area is 102 Å². The number of likely N-dealkylation sites (N-methyl/N-ethyl adjacent to an activating group) is 1. The van der Waals surface area contributed by atoms with E-state index in [0.717, 1.165) is 43.7 Å². The summed E-state index contributed by atoms with van der Waals surface area (Å²) in [7, 11) is 2.12. The summed E-state index contributed by atoms with van der Waals surface area (Å²) in [6.07, 6.45) is 4.98. The highest BCUT2D eigenvalue weighted by atomic mass is 16.5. The fourth-order valence-electron chi connectivity index (χ4n) is 2.52. The molecule has 0 bridgehead atoms. The molecule has 2 aliphatic rings. The number of rotatable bonds is 3. The van der Waals surface area contributed by atoms with Gasteiger partial charge in [0.1, 0.15) is 0 Å². The number of hydrogen-bond donors (Lipinski definition) is 1. The summed E-state index contributed by atoms with van der Waals surface area (Å²) in [6, 6.07) is 0.266. The van der Waals surface area contributed by atoms with Crippen LogP contribution in [0.5, 0.6) is 0 Å². The van der Waals surface area contributed by atoms with E-state index < -0.39 is 0 Å². The van der Waals surface area contributed by atoms with Crippen LogP contribution in [0.25, 0.3) is 0 Å². The summed E-state index contributed by atoms with van der Waals surface area (Å²) in [4.78, 5) is 6.83. The number of nitrogens with one attached hydrogen (secondary N) is 1. The molecule has 1 saturated heterocycles. The first-order valence-electron chi connectivity index (χ1n) is 6.56. The minimum atomic E-state index is 0.266. The lowest BCUT2D eigenvalue weighted by atomic mass is 9.83. The molecule has 0 aromatic carbocycles. The average molecular weight is 236 g/mol. The molecule has 17 heavy (non-hydrogen) atoms. The molecule has 1 unspecified atom stereocenters. The van der Waals surface area contributed by atoms with Gasteiger partial charge in [0, 0.05) is 26.1 Å². The van der Waals surface area contributed by atoms with Gasteiger partial charge in [-0.3, -0.25) is 4.90 Å². The Hall–Kier alpha value is -0.940. The van der Waals surface area contributed by atoms with Crippen LogP contribution in [0.2, 0.25) is 0 Å². The number of nitrogens with zero attached hydrogens (tertiary/aromatic N) is 3. The van der Waals surface area contributed by atoms with Crippen LogP contribution in [0.3, 0.4) is 0 Å². The van der Waals surface area contributed by atoms with Crippen LogP contribution in [0.15, 0.2) is 4.52 Å². The van der Waals surface area contributed by atoms with E-state index in [0.29, 0.717) is 0 Å². The first-order valence-corrected chi connectivity index (χ1v) is 6.56. The zero-order valence-corrected chi connectivity index (χ0v) is 10.4. The molecule has 94 valence electrons. The van der Waals surface area contributed by atoms with Gasteiger partial charge in [-0.2, -0.15) is 4.98 Å². The third-order valence-corrected chi connectivity index (χ3v) is 3.98. The second-order valence-electron chi connectivity index (χ2n) is 5.25. The highest BCUT2D eigenvalue weighted by Crippen LogP contribution is 2.29.